The van der Waals surface area contributed by atoms with Crippen LogP contribution >= 0.6 is 0 Å². The van der Waals surface area contributed by atoms with Crippen LogP contribution in [0.5, 0.6) is 0 Å². The van der Waals surface area contributed by atoms with Crippen LogP contribution in [0, 0.1) is 12.8 Å². The summed E-state index contributed by atoms with van der Waals surface area (Å²) in [5.41, 5.74) is 12.1. The Morgan fingerprint density at radius 1 is 0.962 bits per heavy atom. The predicted octanol–water partition coefficient (Wildman–Crippen LogP) is 4.31. The SMILES string of the molecule is CC[C@H]1CC(c2ccc(C)cc2)=C2C(=O)c3ccccc3C(N)=C2C1=O. The van der Waals surface area contributed by atoms with E-state index < -0.39 is 0 Å². The minimum atomic E-state index is -0.137. The summed E-state index contributed by atoms with van der Waals surface area (Å²) in [5, 5.41) is 0. The lowest BCUT2D eigenvalue weighted by atomic mass is 9.70. The first-order valence-corrected chi connectivity index (χ1v) is 9.01. The quantitative estimate of drug-likeness (QED) is 0.884. The van der Waals surface area contributed by atoms with E-state index in [-0.39, 0.29) is 17.5 Å². The molecule has 0 bridgehead atoms. The molecule has 0 amide bonds. The molecular formula is C23H21NO2. The van der Waals surface area contributed by atoms with Gasteiger partial charge in [-0.05, 0) is 30.9 Å². The van der Waals surface area contributed by atoms with Gasteiger partial charge in [0.15, 0.2) is 11.6 Å². The van der Waals surface area contributed by atoms with Gasteiger partial charge in [-0.15, -0.1) is 0 Å². The molecule has 3 nitrogen and oxygen atoms in total. The number of carbonyl (C=O) groups is 2. The van der Waals surface area contributed by atoms with Crippen LogP contribution in [0.3, 0.4) is 0 Å². The number of fused-ring (bicyclic) bond motifs is 2. The van der Waals surface area contributed by atoms with Crippen LogP contribution in [0.2, 0.25) is 0 Å². The highest BCUT2D eigenvalue weighted by Crippen LogP contribution is 2.44. The van der Waals surface area contributed by atoms with Gasteiger partial charge < -0.3 is 5.73 Å². The Bertz CT molecular complexity index is 993. The summed E-state index contributed by atoms with van der Waals surface area (Å²) in [4.78, 5) is 26.4. The van der Waals surface area contributed by atoms with Crippen molar-refractivity contribution in [1.29, 1.82) is 0 Å². The molecule has 0 aliphatic heterocycles. The molecule has 130 valence electrons. The van der Waals surface area contributed by atoms with Crippen molar-refractivity contribution in [2.45, 2.75) is 26.7 Å². The van der Waals surface area contributed by atoms with Gasteiger partial charge in [-0.1, -0.05) is 61.0 Å². The number of aryl methyl sites for hydroxylation is 1. The van der Waals surface area contributed by atoms with E-state index in [4.69, 9.17) is 5.73 Å². The number of hydrogen-bond donors (Lipinski definition) is 1. The fraction of sp³-hybridized carbons (Fsp3) is 0.217. The lowest BCUT2D eigenvalue weighted by Crippen LogP contribution is -2.32. The van der Waals surface area contributed by atoms with Crippen molar-refractivity contribution in [3.63, 3.8) is 0 Å². The van der Waals surface area contributed by atoms with Gasteiger partial charge >= 0.3 is 0 Å². The van der Waals surface area contributed by atoms with E-state index >= 15 is 0 Å². The van der Waals surface area contributed by atoms with Gasteiger partial charge in [0, 0.05) is 22.6 Å². The molecule has 0 spiro atoms. The minimum Gasteiger partial charge on any atom is -0.398 e. The first kappa shape index (κ1) is 16.5. The highest BCUT2D eigenvalue weighted by Gasteiger charge is 2.40. The zero-order valence-corrected chi connectivity index (χ0v) is 15.0. The number of allylic oxidation sites excluding steroid dienone is 3. The van der Waals surface area contributed by atoms with Crippen molar-refractivity contribution >= 4 is 22.8 Å². The summed E-state index contributed by atoms with van der Waals surface area (Å²) >= 11 is 0. The second-order valence-electron chi connectivity index (χ2n) is 7.06. The number of benzene rings is 2. The molecule has 2 aromatic carbocycles. The zero-order valence-electron chi connectivity index (χ0n) is 15.0. The maximum atomic E-state index is 13.3. The number of rotatable bonds is 2. The smallest absolute Gasteiger partial charge is 0.194 e. The molecule has 0 saturated carbocycles. The molecule has 2 N–H and O–H groups in total. The van der Waals surface area contributed by atoms with Crippen LogP contribution < -0.4 is 5.73 Å². The first-order chi connectivity index (χ1) is 12.5. The predicted molar refractivity (Wildman–Crippen MR) is 103 cm³/mol. The third-order valence-corrected chi connectivity index (χ3v) is 5.47. The Morgan fingerprint density at radius 3 is 2.27 bits per heavy atom. The molecule has 2 aromatic rings. The standard InChI is InChI=1S/C23H21NO2/c1-3-14-12-18(15-10-8-13(2)9-11-15)19-20(22(14)25)21(24)16-6-4-5-7-17(16)23(19)26/h4-11,14H,3,12,24H2,1-2H3/t14-/m0/s1. The Hall–Kier alpha value is -2.94. The molecule has 0 unspecified atom stereocenters. The maximum absolute atomic E-state index is 13.3. The minimum absolute atomic E-state index is 0.00119. The van der Waals surface area contributed by atoms with Crippen LogP contribution in [0.15, 0.2) is 59.7 Å². The van der Waals surface area contributed by atoms with Crippen molar-refractivity contribution < 1.29 is 9.59 Å². The monoisotopic (exact) mass is 343 g/mol. The van der Waals surface area contributed by atoms with E-state index in [9.17, 15) is 9.59 Å². The summed E-state index contributed by atoms with van der Waals surface area (Å²) in [6.45, 7) is 4.04. The van der Waals surface area contributed by atoms with Crippen molar-refractivity contribution in [2.24, 2.45) is 11.7 Å². The molecule has 0 radical (unpaired) electrons. The molecular weight excluding hydrogens is 322 g/mol. The summed E-state index contributed by atoms with van der Waals surface area (Å²) in [7, 11) is 0. The summed E-state index contributed by atoms with van der Waals surface area (Å²) < 4.78 is 0. The second kappa shape index (κ2) is 6.10. The van der Waals surface area contributed by atoms with Gasteiger partial charge in [0.05, 0.1) is 11.3 Å². The van der Waals surface area contributed by atoms with Crippen molar-refractivity contribution in [3.05, 3.63) is 81.9 Å². The topological polar surface area (TPSA) is 60.2 Å². The van der Waals surface area contributed by atoms with Gasteiger partial charge in [0.2, 0.25) is 0 Å². The van der Waals surface area contributed by atoms with Crippen molar-refractivity contribution in [3.8, 4) is 0 Å². The molecule has 26 heavy (non-hydrogen) atoms. The van der Waals surface area contributed by atoms with Crippen LogP contribution in [0.4, 0.5) is 0 Å². The highest BCUT2D eigenvalue weighted by atomic mass is 16.1. The van der Waals surface area contributed by atoms with Gasteiger partial charge in [0.25, 0.3) is 0 Å². The van der Waals surface area contributed by atoms with E-state index in [0.717, 1.165) is 23.1 Å². The van der Waals surface area contributed by atoms with E-state index in [2.05, 4.69) is 0 Å². The summed E-state index contributed by atoms with van der Waals surface area (Å²) in [5.74, 6) is -0.233. The number of ketones is 2. The van der Waals surface area contributed by atoms with Crippen LogP contribution in [0.1, 0.15) is 46.8 Å². The molecule has 0 aromatic heterocycles. The number of carbonyl (C=O) groups excluding carboxylic acids is 2. The molecule has 2 aliphatic carbocycles. The average Bonchev–Trinajstić information content (AvgIpc) is 2.66. The lowest BCUT2D eigenvalue weighted by molar-refractivity contribution is -0.119. The number of hydrogen-bond acceptors (Lipinski definition) is 3. The van der Waals surface area contributed by atoms with Crippen molar-refractivity contribution in [1.82, 2.24) is 0 Å². The number of nitrogens with two attached hydrogens (primary N) is 1. The van der Waals surface area contributed by atoms with E-state index in [0.29, 0.717) is 34.4 Å². The second-order valence-corrected chi connectivity index (χ2v) is 7.06. The third kappa shape index (κ3) is 2.35. The highest BCUT2D eigenvalue weighted by molar-refractivity contribution is 6.30. The molecule has 0 heterocycles. The van der Waals surface area contributed by atoms with Gasteiger partial charge in [0.1, 0.15) is 0 Å². The average molecular weight is 343 g/mol. The Labute approximate surface area is 153 Å². The first-order valence-electron chi connectivity index (χ1n) is 9.01. The summed E-state index contributed by atoms with van der Waals surface area (Å²) in [6, 6.07) is 15.4. The fourth-order valence-corrected chi connectivity index (χ4v) is 3.97. The van der Waals surface area contributed by atoms with Gasteiger partial charge in [-0.3, -0.25) is 9.59 Å². The number of Topliss-reactive ketones (excluding diaryl/α,β-unsaturated/α-hetero) is 2. The maximum Gasteiger partial charge on any atom is 0.194 e. The molecule has 2 aliphatic rings. The van der Waals surface area contributed by atoms with E-state index in [1.54, 1.807) is 6.07 Å². The molecule has 3 heteroatoms. The van der Waals surface area contributed by atoms with Crippen LogP contribution in [0.25, 0.3) is 11.3 Å². The van der Waals surface area contributed by atoms with Crippen molar-refractivity contribution in [2.75, 3.05) is 0 Å². The zero-order chi connectivity index (χ0) is 18.4. The Morgan fingerprint density at radius 2 is 1.62 bits per heavy atom. The van der Waals surface area contributed by atoms with Gasteiger partial charge in [-0.2, -0.15) is 0 Å². The molecule has 4 rings (SSSR count). The van der Waals surface area contributed by atoms with Crippen LogP contribution in [-0.2, 0) is 4.79 Å². The van der Waals surface area contributed by atoms with Crippen LogP contribution in [-0.4, -0.2) is 11.6 Å². The Kier molecular flexibility index (Phi) is 3.87. The normalized spacial score (nSPS) is 19.5. The van der Waals surface area contributed by atoms with E-state index in [1.807, 2.05) is 56.3 Å². The Balaban J connectivity index is 2.04. The van der Waals surface area contributed by atoms with E-state index in [1.165, 1.54) is 0 Å². The summed E-state index contributed by atoms with van der Waals surface area (Å²) in [6.07, 6.45) is 1.31. The van der Waals surface area contributed by atoms with Gasteiger partial charge in [-0.25, -0.2) is 0 Å². The fourth-order valence-electron chi connectivity index (χ4n) is 3.97. The lowest BCUT2D eigenvalue weighted by Gasteiger charge is -2.32. The largest absolute Gasteiger partial charge is 0.398 e. The molecule has 1 atom stereocenters. The molecule has 0 fully saturated rings. The third-order valence-electron chi connectivity index (χ3n) is 5.47. The molecule has 0 saturated heterocycles.